The van der Waals surface area contributed by atoms with Gasteiger partial charge >= 0.3 is 0 Å². The van der Waals surface area contributed by atoms with Crippen LogP contribution in [0.5, 0.6) is 0 Å². The highest BCUT2D eigenvalue weighted by molar-refractivity contribution is 5.42. The molecule has 6 heteroatoms. The summed E-state index contributed by atoms with van der Waals surface area (Å²) >= 11 is 0. The fourth-order valence-corrected chi connectivity index (χ4v) is 1.62. The fourth-order valence-electron chi connectivity index (χ4n) is 1.62. The third-order valence-corrected chi connectivity index (χ3v) is 2.56. The van der Waals surface area contributed by atoms with Crippen LogP contribution >= 0.6 is 0 Å². The number of anilines is 2. The first kappa shape index (κ1) is 13.2. The molecule has 19 heavy (non-hydrogen) atoms. The molecule has 5 nitrogen and oxygen atoms in total. The highest BCUT2D eigenvalue weighted by atomic mass is 19.1. The molecule has 2 aromatic rings. The summed E-state index contributed by atoms with van der Waals surface area (Å²) in [6.07, 6.45) is 2.85. The molecule has 1 unspecified atom stereocenters. The molecule has 0 spiro atoms. The minimum atomic E-state index is -0.482. The summed E-state index contributed by atoms with van der Waals surface area (Å²) < 4.78 is 13.7. The molecular weight excluding hydrogens is 245 g/mol. The number of nitrogens with one attached hydrogen (secondary N) is 2. The topological polar surface area (TPSA) is 62.7 Å². The molecule has 0 saturated carbocycles. The monoisotopic (exact) mass is 261 g/mol. The van der Waals surface area contributed by atoms with Crippen molar-refractivity contribution in [1.82, 2.24) is 15.0 Å². The van der Waals surface area contributed by atoms with Gasteiger partial charge in [-0.1, -0.05) is 6.07 Å². The van der Waals surface area contributed by atoms with Crippen molar-refractivity contribution in [2.75, 3.05) is 17.2 Å². The van der Waals surface area contributed by atoms with E-state index in [4.69, 9.17) is 0 Å². The van der Waals surface area contributed by atoms with Crippen LogP contribution in [0.2, 0.25) is 0 Å². The number of nitrogens with zero attached hydrogens (tertiary/aromatic N) is 3. The minimum Gasteiger partial charge on any atom is -0.359 e. The summed E-state index contributed by atoms with van der Waals surface area (Å²) in [6, 6.07) is 5.47. The lowest BCUT2D eigenvalue weighted by Gasteiger charge is -2.14. The molecule has 2 heterocycles. The molecule has 2 rings (SSSR count). The van der Waals surface area contributed by atoms with E-state index in [9.17, 15) is 4.39 Å². The average molecular weight is 261 g/mol. The smallest absolute Gasteiger partial charge is 0.224 e. The van der Waals surface area contributed by atoms with Gasteiger partial charge in [0.05, 0.1) is 17.9 Å². The van der Waals surface area contributed by atoms with E-state index in [1.807, 2.05) is 32.0 Å². The summed E-state index contributed by atoms with van der Waals surface area (Å²) in [5.41, 5.74) is 0.825. The Morgan fingerprint density at radius 1 is 1.32 bits per heavy atom. The van der Waals surface area contributed by atoms with Gasteiger partial charge in [0.2, 0.25) is 5.95 Å². The van der Waals surface area contributed by atoms with Gasteiger partial charge in [0.25, 0.3) is 0 Å². The Morgan fingerprint density at radius 3 is 2.84 bits per heavy atom. The number of halogens is 1. The molecule has 0 amide bonds. The van der Waals surface area contributed by atoms with Crippen LogP contribution in [0, 0.1) is 5.82 Å². The second kappa shape index (κ2) is 6.08. The van der Waals surface area contributed by atoms with Crippen LogP contribution in [-0.4, -0.2) is 21.5 Å². The number of hydrogen-bond donors (Lipinski definition) is 2. The van der Waals surface area contributed by atoms with Crippen LogP contribution in [0.4, 0.5) is 16.2 Å². The normalized spacial score (nSPS) is 11.9. The van der Waals surface area contributed by atoms with Crippen LogP contribution in [0.1, 0.15) is 25.6 Å². The summed E-state index contributed by atoms with van der Waals surface area (Å²) in [6.45, 7) is 4.51. The van der Waals surface area contributed by atoms with Gasteiger partial charge in [0, 0.05) is 12.7 Å². The van der Waals surface area contributed by atoms with E-state index in [1.165, 1.54) is 0 Å². The van der Waals surface area contributed by atoms with Crippen molar-refractivity contribution in [2.45, 2.75) is 19.9 Å². The van der Waals surface area contributed by atoms with Gasteiger partial charge in [-0.25, -0.2) is 9.37 Å². The third kappa shape index (κ3) is 3.37. The summed E-state index contributed by atoms with van der Waals surface area (Å²) in [5.74, 6) is 0.0909. The molecular formula is C13H16FN5. The number of rotatable bonds is 5. The Kier molecular flexibility index (Phi) is 4.22. The van der Waals surface area contributed by atoms with E-state index in [0.717, 1.165) is 11.9 Å². The van der Waals surface area contributed by atoms with Crippen LogP contribution in [-0.2, 0) is 0 Å². The van der Waals surface area contributed by atoms with E-state index >= 15 is 0 Å². The minimum absolute atomic E-state index is 0.139. The maximum atomic E-state index is 13.7. The van der Waals surface area contributed by atoms with Gasteiger partial charge in [-0.3, -0.25) is 4.98 Å². The zero-order valence-electron chi connectivity index (χ0n) is 10.9. The summed E-state index contributed by atoms with van der Waals surface area (Å²) in [4.78, 5) is 12.2. The van der Waals surface area contributed by atoms with Crippen LogP contribution < -0.4 is 10.6 Å². The van der Waals surface area contributed by atoms with Crippen molar-refractivity contribution >= 4 is 11.8 Å². The van der Waals surface area contributed by atoms with Gasteiger partial charge in [0.1, 0.15) is 0 Å². The largest absolute Gasteiger partial charge is 0.359 e. The molecule has 0 aliphatic carbocycles. The average Bonchev–Trinajstić information content (AvgIpc) is 2.44. The molecule has 0 aliphatic rings. The lowest BCUT2D eigenvalue weighted by Crippen LogP contribution is -2.12. The maximum absolute atomic E-state index is 13.7. The molecule has 2 aromatic heterocycles. The van der Waals surface area contributed by atoms with Crippen molar-refractivity contribution in [2.24, 2.45) is 0 Å². The summed E-state index contributed by atoms with van der Waals surface area (Å²) in [5, 5.41) is 5.94. The Balaban J connectivity index is 2.16. The summed E-state index contributed by atoms with van der Waals surface area (Å²) in [7, 11) is 0. The Bertz CT molecular complexity index is 532. The predicted molar refractivity (Wildman–Crippen MR) is 72.4 cm³/mol. The molecule has 0 aromatic carbocycles. The Hall–Kier alpha value is -2.24. The lowest BCUT2D eigenvalue weighted by atomic mass is 10.2. The third-order valence-electron chi connectivity index (χ3n) is 2.56. The zero-order chi connectivity index (χ0) is 13.7. The molecule has 0 saturated heterocycles. The van der Waals surface area contributed by atoms with E-state index < -0.39 is 5.82 Å². The van der Waals surface area contributed by atoms with Gasteiger partial charge in [-0.2, -0.15) is 4.98 Å². The van der Waals surface area contributed by atoms with Crippen LogP contribution in [0.3, 0.4) is 0 Å². The standard InChI is InChI=1S/C13H16FN5/c1-3-15-13-17-8-10(14)12(19-13)18-9(2)11-6-4-5-7-16-11/h4-9H,3H2,1-2H3,(H2,15,17,18,19). The van der Waals surface area contributed by atoms with E-state index in [2.05, 4.69) is 25.6 Å². The first-order valence-electron chi connectivity index (χ1n) is 6.14. The van der Waals surface area contributed by atoms with E-state index in [0.29, 0.717) is 12.5 Å². The Labute approximate surface area is 111 Å². The zero-order valence-corrected chi connectivity index (χ0v) is 10.9. The molecule has 2 N–H and O–H groups in total. The van der Waals surface area contributed by atoms with Crippen molar-refractivity contribution in [1.29, 1.82) is 0 Å². The maximum Gasteiger partial charge on any atom is 0.224 e. The molecule has 0 aliphatic heterocycles. The number of hydrogen-bond acceptors (Lipinski definition) is 5. The predicted octanol–water partition coefficient (Wildman–Crippen LogP) is 2.62. The highest BCUT2D eigenvalue weighted by Crippen LogP contribution is 2.18. The van der Waals surface area contributed by atoms with Gasteiger partial charge in [-0.05, 0) is 26.0 Å². The molecule has 1 atom stereocenters. The van der Waals surface area contributed by atoms with E-state index in [-0.39, 0.29) is 11.9 Å². The van der Waals surface area contributed by atoms with Crippen LogP contribution in [0.25, 0.3) is 0 Å². The molecule has 0 radical (unpaired) electrons. The lowest BCUT2D eigenvalue weighted by molar-refractivity contribution is 0.613. The van der Waals surface area contributed by atoms with Crippen LogP contribution in [0.15, 0.2) is 30.6 Å². The van der Waals surface area contributed by atoms with Gasteiger partial charge < -0.3 is 10.6 Å². The van der Waals surface area contributed by atoms with Crippen molar-refractivity contribution < 1.29 is 4.39 Å². The Morgan fingerprint density at radius 2 is 2.16 bits per heavy atom. The quantitative estimate of drug-likeness (QED) is 0.866. The first-order chi connectivity index (χ1) is 9.20. The second-order valence-electron chi connectivity index (χ2n) is 4.04. The van der Waals surface area contributed by atoms with Gasteiger partial charge in [-0.15, -0.1) is 0 Å². The molecule has 100 valence electrons. The molecule has 0 fully saturated rings. The first-order valence-corrected chi connectivity index (χ1v) is 6.14. The second-order valence-corrected chi connectivity index (χ2v) is 4.04. The fraction of sp³-hybridized carbons (Fsp3) is 0.308. The van der Waals surface area contributed by atoms with Crippen molar-refractivity contribution in [3.8, 4) is 0 Å². The van der Waals surface area contributed by atoms with Crippen molar-refractivity contribution in [3.63, 3.8) is 0 Å². The van der Waals surface area contributed by atoms with Crippen molar-refractivity contribution in [3.05, 3.63) is 42.1 Å². The van der Waals surface area contributed by atoms with Gasteiger partial charge in [0.15, 0.2) is 11.6 Å². The SMILES string of the molecule is CCNc1ncc(F)c(NC(C)c2ccccn2)n1. The number of aromatic nitrogens is 3. The molecule has 0 bridgehead atoms. The number of pyridine rings is 1. The van der Waals surface area contributed by atoms with E-state index in [1.54, 1.807) is 6.20 Å². The highest BCUT2D eigenvalue weighted by Gasteiger charge is 2.11.